The molecule has 0 saturated heterocycles. The lowest BCUT2D eigenvalue weighted by Crippen LogP contribution is -2.48. The molecular weight excluding hydrogens is 419 g/mol. The molecule has 1 N–H and O–H groups in total. The summed E-state index contributed by atoms with van der Waals surface area (Å²) in [6.07, 6.45) is 0.279. The summed E-state index contributed by atoms with van der Waals surface area (Å²) in [6, 6.07) is 0. The Hall–Kier alpha value is -2.26. The molecule has 0 unspecified atom stereocenters. The number of carbonyl (C=O) groups excluding carboxylic acids is 3. The molecular formula is C19H27O10P. The molecule has 11 heteroatoms. The van der Waals surface area contributed by atoms with Crippen LogP contribution in [-0.4, -0.2) is 60.4 Å². The molecule has 1 aliphatic rings. The van der Waals surface area contributed by atoms with Crippen molar-refractivity contribution in [2.75, 3.05) is 13.2 Å². The number of aliphatic hydroxyl groups excluding tert-OH is 1. The van der Waals surface area contributed by atoms with E-state index >= 15 is 0 Å². The van der Waals surface area contributed by atoms with Crippen molar-refractivity contribution in [3.63, 3.8) is 0 Å². The maximum Gasteiger partial charge on any atom is 0.363 e. The molecule has 1 aliphatic carbocycles. The first-order chi connectivity index (χ1) is 14.0. The Morgan fingerprint density at radius 3 is 2.00 bits per heavy atom. The Bertz CT molecular complexity index is 728. The zero-order valence-electron chi connectivity index (χ0n) is 17.1. The van der Waals surface area contributed by atoms with E-state index < -0.39 is 49.7 Å². The zero-order chi connectivity index (χ0) is 22.9. The van der Waals surface area contributed by atoms with Gasteiger partial charge in [0.1, 0.15) is 6.10 Å². The molecule has 30 heavy (non-hydrogen) atoms. The maximum atomic E-state index is 13.1. The van der Waals surface area contributed by atoms with Crippen molar-refractivity contribution in [1.29, 1.82) is 0 Å². The van der Waals surface area contributed by atoms with Gasteiger partial charge in [-0.05, 0) is 11.6 Å². The maximum absolute atomic E-state index is 13.1. The van der Waals surface area contributed by atoms with Gasteiger partial charge < -0.3 is 28.4 Å². The molecule has 168 valence electrons. The topological polar surface area (TPSA) is 135 Å². The van der Waals surface area contributed by atoms with Gasteiger partial charge in [0.15, 0.2) is 18.1 Å². The standard InChI is InChI=1S/C19H27O10P/c1-6-8-25-30(24,26-9-7-2)19(23)15-10-16(27-12(3)20)18(29-14(5)22)17(11-15)28-13(4)21/h6-7,10,16-19,23H,1-2,8-9,11H2,3-5H3/t16-,17-,18+,19-/m1/s1. The summed E-state index contributed by atoms with van der Waals surface area (Å²) in [7, 11) is -4.12. The molecule has 0 aliphatic heterocycles. The third kappa shape index (κ3) is 7.53. The summed E-state index contributed by atoms with van der Waals surface area (Å²) >= 11 is 0. The number of hydrogen-bond acceptors (Lipinski definition) is 10. The van der Waals surface area contributed by atoms with Crippen LogP contribution in [0.5, 0.6) is 0 Å². The van der Waals surface area contributed by atoms with Crippen LogP contribution in [0.25, 0.3) is 0 Å². The van der Waals surface area contributed by atoms with Crippen LogP contribution in [0.2, 0.25) is 0 Å². The minimum Gasteiger partial charge on any atom is -0.458 e. The Balaban J connectivity index is 3.36. The molecule has 10 nitrogen and oxygen atoms in total. The highest BCUT2D eigenvalue weighted by molar-refractivity contribution is 7.54. The molecule has 0 bridgehead atoms. The highest BCUT2D eigenvalue weighted by atomic mass is 31.2. The summed E-state index contributed by atoms with van der Waals surface area (Å²) in [5, 5.41) is 10.8. The van der Waals surface area contributed by atoms with Gasteiger partial charge in [-0.2, -0.15) is 0 Å². The van der Waals surface area contributed by atoms with Gasteiger partial charge in [0.25, 0.3) is 0 Å². The quantitative estimate of drug-likeness (QED) is 0.217. The summed E-state index contributed by atoms with van der Waals surface area (Å²) in [6.45, 7) is 10.0. The second-order valence-corrected chi connectivity index (χ2v) is 8.41. The van der Waals surface area contributed by atoms with Crippen LogP contribution in [0.4, 0.5) is 0 Å². The third-order valence-electron chi connectivity index (χ3n) is 3.80. The van der Waals surface area contributed by atoms with Crippen LogP contribution in [0, 0.1) is 0 Å². The van der Waals surface area contributed by atoms with Crippen LogP contribution >= 0.6 is 7.60 Å². The summed E-state index contributed by atoms with van der Waals surface area (Å²) in [5.41, 5.74) is 0.0624. The van der Waals surface area contributed by atoms with Gasteiger partial charge in [-0.15, -0.1) is 13.2 Å². The number of rotatable bonds is 11. The first-order valence-electron chi connectivity index (χ1n) is 9.05. The van der Waals surface area contributed by atoms with Gasteiger partial charge in [0, 0.05) is 27.2 Å². The highest BCUT2D eigenvalue weighted by Gasteiger charge is 2.45. The molecule has 0 saturated carbocycles. The van der Waals surface area contributed by atoms with Crippen LogP contribution in [0.15, 0.2) is 37.0 Å². The van der Waals surface area contributed by atoms with E-state index in [2.05, 4.69) is 13.2 Å². The lowest BCUT2D eigenvalue weighted by atomic mass is 9.91. The minimum atomic E-state index is -4.12. The van der Waals surface area contributed by atoms with E-state index in [1.54, 1.807) is 0 Å². The smallest absolute Gasteiger partial charge is 0.363 e. The highest BCUT2D eigenvalue weighted by Crippen LogP contribution is 2.55. The van der Waals surface area contributed by atoms with Crippen LogP contribution in [0.1, 0.15) is 27.2 Å². The summed E-state index contributed by atoms with van der Waals surface area (Å²) < 4.78 is 39.1. The Labute approximate surface area is 175 Å². The molecule has 0 amide bonds. The Kier molecular flexibility index (Phi) is 10.1. The molecule has 0 aromatic carbocycles. The molecule has 0 radical (unpaired) electrons. The fraction of sp³-hybridized carbons (Fsp3) is 0.526. The van der Waals surface area contributed by atoms with E-state index in [4.69, 9.17) is 23.3 Å². The number of ether oxygens (including phenoxy) is 3. The molecule has 4 atom stereocenters. The zero-order valence-corrected chi connectivity index (χ0v) is 18.0. The fourth-order valence-corrected chi connectivity index (χ4v) is 4.35. The molecule has 0 spiro atoms. The predicted molar refractivity (Wildman–Crippen MR) is 105 cm³/mol. The van der Waals surface area contributed by atoms with Crippen molar-refractivity contribution < 1.29 is 47.3 Å². The van der Waals surface area contributed by atoms with Gasteiger partial charge >= 0.3 is 25.5 Å². The number of carbonyl (C=O) groups is 3. The number of aliphatic hydroxyl groups is 1. The first kappa shape index (κ1) is 25.8. The fourth-order valence-electron chi connectivity index (χ4n) is 2.77. The molecule has 0 fully saturated rings. The van der Waals surface area contributed by atoms with Crippen molar-refractivity contribution in [1.82, 2.24) is 0 Å². The summed E-state index contributed by atoms with van der Waals surface area (Å²) in [5.74, 6) is -3.86. The third-order valence-corrected chi connectivity index (χ3v) is 5.75. The average molecular weight is 446 g/mol. The lowest BCUT2D eigenvalue weighted by Gasteiger charge is -2.36. The van der Waals surface area contributed by atoms with Gasteiger partial charge in [-0.3, -0.25) is 18.9 Å². The first-order valence-corrected chi connectivity index (χ1v) is 10.7. The lowest BCUT2D eigenvalue weighted by molar-refractivity contribution is -0.180. The molecule has 1 rings (SSSR count). The van der Waals surface area contributed by atoms with Crippen LogP contribution in [0.3, 0.4) is 0 Å². The Morgan fingerprint density at radius 2 is 1.57 bits per heavy atom. The van der Waals surface area contributed by atoms with E-state index in [0.717, 1.165) is 20.8 Å². The van der Waals surface area contributed by atoms with Crippen LogP contribution in [-0.2, 0) is 42.2 Å². The normalized spacial score (nSPS) is 22.3. The SMILES string of the molecule is C=CCOP(=O)(OCC=C)[C@@H](O)C1=C[C@@H](OC(C)=O)[C@H](OC(C)=O)[C@H](OC(C)=O)C1. The van der Waals surface area contributed by atoms with Gasteiger partial charge in [0.05, 0.1) is 13.2 Å². The van der Waals surface area contributed by atoms with Crippen molar-refractivity contribution >= 4 is 25.5 Å². The van der Waals surface area contributed by atoms with Gasteiger partial charge in [-0.25, -0.2) is 0 Å². The van der Waals surface area contributed by atoms with E-state index in [1.807, 2.05) is 0 Å². The summed E-state index contributed by atoms with van der Waals surface area (Å²) in [4.78, 5) is 34.6. The van der Waals surface area contributed by atoms with Crippen molar-refractivity contribution in [2.45, 2.75) is 51.3 Å². The van der Waals surface area contributed by atoms with Crippen molar-refractivity contribution in [3.8, 4) is 0 Å². The van der Waals surface area contributed by atoms with Crippen molar-refractivity contribution in [2.24, 2.45) is 0 Å². The predicted octanol–water partition coefficient (Wildman–Crippen LogP) is 2.03. The average Bonchev–Trinajstić information content (AvgIpc) is 2.65. The van der Waals surface area contributed by atoms with E-state index in [0.29, 0.717) is 0 Å². The van der Waals surface area contributed by atoms with E-state index in [9.17, 15) is 24.1 Å². The monoisotopic (exact) mass is 446 g/mol. The second kappa shape index (κ2) is 11.8. The molecule has 0 aromatic rings. The molecule has 0 heterocycles. The number of esters is 3. The number of hydrogen-bond donors (Lipinski definition) is 1. The minimum absolute atomic E-state index is 0.0624. The van der Waals surface area contributed by atoms with Gasteiger partial charge in [-0.1, -0.05) is 12.2 Å². The van der Waals surface area contributed by atoms with E-state index in [1.165, 1.54) is 18.2 Å². The molecule has 0 aromatic heterocycles. The van der Waals surface area contributed by atoms with Crippen LogP contribution < -0.4 is 0 Å². The second-order valence-electron chi connectivity index (χ2n) is 6.32. The van der Waals surface area contributed by atoms with Gasteiger partial charge in [0.2, 0.25) is 0 Å². The largest absolute Gasteiger partial charge is 0.458 e. The Morgan fingerprint density at radius 1 is 1.07 bits per heavy atom. The van der Waals surface area contributed by atoms with Crippen molar-refractivity contribution in [3.05, 3.63) is 37.0 Å². The van der Waals surface area contributed by atoms with E-state index in [-0.39, 0.29) is 25.2 Å².